The number of pyridine rings is 1. The van der Waals surface area contributed by atoms with Gasteiger partial charge in [0.15, 0.2) is 0 Å². The zero-order valence-corrected chi connectivity index (χ0v) is 11.5. The highest BCUT2D eigenvalue weighted by Crippen LogP contribution is 2.22. The summed E-state index contributed by atoms with van der Waals surface area (Å²) in [5.41, 5.74) is 2.19. The molecule has 1 aromatic carbocycles. The average Bonchev–Trinajstić information content (AvgIpc) is 2.38. The molecule has 4 heteroatoms. The van der Waals surface area contributed by atoms with E-state index in [2.05, 4.69) is 17.2 Å². The van der Waals surface area contributed by atoms with Crippen LogP contribution in [0.3, 0.4) is 0 Å². The molecule has 0 unspecified atom stereocenters. The Balaban J connectivity index is 1.98. The molecule has 18 heavy (non-hydrogen) atoms. The molecule has 1 aromatic heterocycles. The van der Waals surface area contributed by atoms with Gasteiger partial charge in [0.25, 0.3) is 0 Å². The summed E-state index contributed by atoms with van der Waals surface area (Å²) in [6.07, 6.45) is 1.77. The molecule has 0 aliphatic heterocycles. The quantitative estimate of drug-likeness (QED) is 0.848. The van der Waals surface area contributed by atoms with E-state index < -0.39 is 0 Å². The van der Waals surface area contributed by atoms with Gasteiger partial charge < -0.3 is 5.32 Å². The summed E-state index contributed by atoms with van der Waals surface area (Å²) in [6, 6.07) is 11.8. The van der Waals surface area contributed by atoms with E-state index in [4.69, 9.17) is 23.2 Å². The number of benzene rings is 1. The zero-order chi connectivity index (χ0) is 13.0. The molecule has 0 spiro atoms. The third kappa shape index (κ3) is 3.45. The molecule has 0 aliphatic carbocycles. The van der Waals surface area contributed by atoms with Gasteiger partial charge in [-0.15, -0.1) is 0 Å². The van der Waals surface area contributed by atoms with Gasteiger partial charge in [0.2, 0.25) is 0 Å². The lowest BCUT2D eigenvalue weighted by Crippen LogP contribution is -2.18. The molecule has 0 fully saturated rings. The van der Waals surface area contributed by atoms with Crippen LogP contribution >= 0.6 is 23.2 Å². The molecule has 1 atom stereocenters. The van der Waals surface area contributed by atoms with Crippen LogP contribution in [-0.4, -0.2) is 4.98 Å². The first kappa shape index (κ1) is 13.3. The molecule has 2 aromatic rings. The number of nitrogens with zero attached hydrogens (tertiary/aromatic N) is 1. The first-order valence-corrected chi connectivity index (χ1v) is 6.50. The summed E-state index contributed by atoms with van der Waals surface area (Å²) in [6.45, 7) is 2.82. The minimum absolute atomic E-state index is 0.189. The first-order chi connectivity index (χ1) is 8.66. The second-order valence-corrected chi connectivity index (χ2v) is 4.91. The highest BCUT2D eigenvalue weighted by atomic mass is 35.5. The van der Waals surface area contributed by atoms with Gasteiger partial charge in [0.05, 0.1) is 0 Å². The maximum Gasteiger partial charge on any atom is 0.129 e. The van der Waals surface area contributed by atoms with Crippen molar-refractivity contribution in [1.29, 1.82) is 0 Å². The standard InChI is InChI=1S/C14H14Cl2N2/c1-10(12-4-2-3-5-13(12)15)17-8-11-6-7-14(16)18-9-11/h2-7,9-10,17H,8H2,1H3/t10-/m1/s1. The number of nitrogens with one attached hydrogen (secondary N) is 1. The van der Waals surface area contributed by atoms with E-state index in [9.17, 15) is 0 Å². The van der Waals surface area contributed by atoms with Crippen molar-refractivity contribution in [2.75, 3.05) is 0 Å². The van der Waals surface area contributed by atoms with Gasteiger partial charge in [-0.3, -0.25) is 0 Å². The van der Waals surface area contributed by atoms with Crippen molar-refractivity contribution in [3.63, 3.8) is 0 Å². The summed E-state index contributed by atoms with van der Waals surface area (Å²) < 4.78 is 0. The SMILES string of the molecule is C[C@@H](NCc1ccc(Cl)nc1)c1ccccc1Cl. The molecule has 94 valence electrons. The lowest BCUT2D eigenvalue weighted by atomic mass is 10.1. The highest BCUT2D eigenvalue weighted by molar-refractivity contribution is 6.31. The molecule has 2 nitrogen and oxygen atoms in total. The lowest BCUT2D eigenvalue weighted by Gasteiger charge is -2.15. The van der Waals surface area contributed by atoms with Gasteiger partial charge in [-0.25, -0.2) is 4.98 Å². The normalized spacial score (nSPS) is 12.4. The van der Waals surface area contributed by atoms with E-state index >= 15 is 0 Å². The maximum absolute atomic E-state index is 6.15. The Morgan fingerprint density at radius 3 is 2.61 bits per heavy atom. The number of rotatable bonds is 4. The maximum atomic E-state index is 6.15. The molecule has 1 heterocycles. The molecule has 2 rings (SSSR count). The largest absolute Gasteiger partial charge is 0.306 e. The van der Waals surface area contributed by atoms with Gasteiger partial charge in [0, 0.05) is 23.8 Å². The van der Waals surface area contributed by atoms with Crippen molar-refractivity contribution in [2.24, 2.45) is 0 Å². The summed E-state index contributed by atoms with van der Waals surface area (Å²) in [5, 5.41) is 4.70. The molecular formula is C14H14Cl2N2. The van der Waals surface area contributed by atoms with Crippen LogP contribution in [0.25, 0.3) is 0 Å². The molecule has 0 bridgehead atoms. The smallest absolute Gasteiger partial charge is 0.129 e. The molecule has 0 amide bonds. The fourth-order valence-corrected chi connectivity index (χ4v) is 2.13. The van der Waals surface area contributed by atoms with E-state index in [0.29, 0.717) is 5.15 Å². The van der Waals surface area contributed by atoms with E-state index in [1.807, 2.05) is 30.3 Å². The summed E-state index contributed by atoms with van der Waals surface area (Å²) in [5.74, 6) is 0. The fourth-order valence-electron chi connectivity index (χ4n) is 1.72. The van der Waals surface area contributed by atoms with Crippen LogP contribution in [0.2, 0.25) is 10.2 Å². The Hall–Kier alpha value is -1.09. The van der Waals surface area contributed by atoms with Gasteiger partial charge in [-0.1, -0.05) is 47.5 Å². The van der Waals surface area contributed by atoms with E-state index in [-0.39, 0.29) is 6.04 Å². The van der Waals surface area contributed by atoms with Crippen LogP contribution in [0.1, 0.15) is 24.1 Å². The summed E-state index contributed by atoms with van der Waals surface area (Å²) in [4.78, 5) is 4.05. The minimum atomic E-state index is 0.189. The van der Waals surface area contributed by atoms with Crippen molar-refractivity contribution in [3.05, 3.63) is 63.9 Å². The van der Waals surface area contributed by atoms with Gasteiger partial charge in [0.1, 0.15) is 5.15 Å². The van der Waals surface area contributed by atoms with Crippen LogP contribution in [0, 0.1) is 0 Å². The molecule has 0 aliphatic rings. The number of halogens is 2. The van der Waals surface area contributed by atoms with E-state index in [0.717, 1.165) is 22.7 Å². The third-order valence-corrected chi connectivity index (χ3v) is 3.34. The number of hydrogen-bond acceptors (Lipinski definition) is 2. The highest BCUT2D eigenvalue weighted by Gasteiger charge is 2.08. The van der Waals surface area contributed by atoms with Crippen LogP contribution < -0.4 is 5.32 Å². The van der Waals surface area contributed by atoms with Crippen LogP contribution in [-0.2, 0) is 6.54 Å². The Kier molecular flexibility index (Phi) is 4.59. The monoisotopic (exact) mass is 280 g/mol. The summed E-state index contributed by atoms with van der Waals surface area (Å²) >= 11 is 11.9. The van der Waals surface area contributed by atoms with Crippen molar-refractivity contribution in [1.82, 2.24) is 10.3 Å². The second-order valence-electron chi connectivity index (χ2n) is 4.11. The molecular weight excluding hydrogens is 267 g/mol. The second kappa shape index (κ2) is 6.19. The topological polar surface area (TPSA) is 24.9 Å². The van der Waals surface area contributed by atoms with Crippen molar-refractivity contribution >= 4 is 23.2 Å². The van der Waals surface area contributed by atoms with Gasteiger partial charge in [-0.05, 0) is 30.2 Å². The fraction of sp³-hybridized carbons (Fsp3) is 0.214. The Morgan fingerprint density at radius 2 is 1.94 bits per heavy atom. The first-order valence-electron chi connectivity index (χ1n) is 5.75. The van der Waals surface area contributed by atoms with Crippen LogP contribution in [0.15, 0.2) is 42.6 Å². The zero-order valence-electron chi connectivity index (χ0n) is 10.0. The van der Waals surface area contributed by atoms with Crippen molar-refractivity contribution in [2.45, 2.75) is 19.5 Å². The Morgan fingerprint density at radius 1 is 1.17 bits per heavy atom. The van der Waals surface area contributed by atoms with Crippen molar-refractivity contribution in [3.8, 4) is 0 Å². The molecule has 0 saturated carbocycles. The predicted octanol–water partition coefficient (Wildman–Crippen LogP) is 4.24. The van der Waals surface area contributed by atoms with Gasteiger partial charge in [-0.2, -0.15) is 0 Å². The Labute approximate surface area is 117 Å². The number of aromatic nitrogens is 1. The average molecular weight is 281 g/mol. The minimum Gasteiger partial charge on any atom is -0.306 e. The molecule has 0 saturated heterocycles. The van der Waals surface area contributed by atoms with Crippen molar-refractivity contribution < 1.29 is 0 Å². The molecule has 0 radical (unpaired) electrons. The number of hydrogen-bond donors (Lipinski definition) is 1. The van der Waals surface area contributed by atoms with E-state index in [1.165, 1.54) is 0 Å². The molecule has 1 N–H and O–H groups in total. The van der Waals surface area contributed by atoms with Gasteiger partial charge >= 0.3 is 0 Å². The Bertz CT molecular complexity index is 511. The van der Waals surface area contributed by atoms with Crippen LogP contribution in [0.5, 0.6) is 0 Å². The van der Waals surface area contributed by atoms with Crippen LogP contribution in [0.4, 0.5) is 0 Å². The summed E-state index contributed by atoms with van der Waals surface area (Å²) in [7, 11) is 0. The van der Waals surface area contributed by atoms with E-state index in [1.54, 1.807) is 12.3 Å². The third-order valence-electron chi connectivity index (χ3n) is 2.77. The predicted molar refractivity (Wildman–Crippen MR) is 76.0 cm³/mol. The lowest BCUT2D eigenvalue weighted by molar-refractivity contribution is 0.574.